The van der Waals surface area contributed by atoms with E-state index in [1.54, 1.807) is 0 Å². The summed E-state index contributed by atoms with van der Waals surface area (Å²) in [6.07, 6.45) is 0. The maximum atomic E-state index is 12.2. The van der Waals surface area contributed by atoms with Crippen LogP contribution in [0, 0.1) is 11.3 Å². The van der Waals surface area contributed by atoms with Crippen molar-refractivity contribution in [1.29, 1.82) is 5.26 Å². The molecule has 1 aliphatic heterocycles. The van der Waals surface area contributed by atoms with Gasteiger partial charge in [0.15, 0.2) is 5.78 Å². The van der Waals surface area contributed by atoms with E-state index in [1.807, 2.05) is 30.3 Å². The molecule has 1 saturated heterocycles. The summed E-state index contributed by atoms with van der Waals surface area (Å²) in [5.74, 6) is -0.640. The van der Waals surface area contributed by atoms with Crippen LogP contribution in [0.25, 0.3) is 0 Å². The van der Waals surface area contributed by atoms with E-state index in [4.69, 9.17) is 0 Å². The SMILES string of the molecule is CN1CCN(CC(=O)[C@@H](C#N)c2ccccc2)CC1. The van der Waals surface area contributed by atoms with E-state index < -0.39 is 5.92 Å². The second-order valence-electron chi connectivity index (χ2n) is 5.02. The van der Waals surface area contributed by atoms with E-state index >= 15 is 0 Å². The van der Waals surface area contributed by atoms with Crippen molar-refractivity contribution in [3.05, 3.63) is 35.9 Å². The molecular weight excluding hydrogens is 238 g/mol. The maximum Gasteiger partial charge on any atom is 0.168 e. The van der Waals surface area contributed by atoms with Gasteiger partial charge in [-0.15, -0.1) is 0 Å². The van der Waals surface area contributed by atoms with Gasteiger partial charge >= 0.3 is 0 Å². The minimum Gasteiger partial charge on any atom is -0.304 e. The zero-order valence-electron chi connectivity index (χ0n) is 11.2. The number of hydrogen-bond acceptors (Lipinski definition) is 4. The van der Waals surface area contributed by atoms with E-state index in [2.05, 4.69) is 22.9 Å². The highest BCUT2D eigenvalue weighted by Crippen LogP contribution is 2.16. The molecule has 1 aliphatic rings. The van der Waals surface area contributed by atoms with E-state index in [1.165, 1.54) is 0 Å². The van der Waals surface area contributed by atoms with Crippen LogP contribution in [0.4, 0.5) is 0 Å². The second-order valence-corrected chi connectivity index (χ2v) is 5.02. The Morgan fingerprint density at radius 3 is 2.47 bits per heavy atom. The third kappa shape index (κ3) is 3.63. The molecule has 0 bridgehead atoms. The van der Waals surface area contributed by atoms with Gasteiger partial charge in [0.25, 0.3) is 0 Å². The van der Waals surface area contributed by atoms with Crippen LogP contribution in [-0.2, 0) is 4.79 Å². The van der Waals surface area contributed by atoms with Crippen molar-refractivity contribution in [2.24, 2.45) is 0 Å². The molecule has 1 heterocycles. The molecule has 0 aliphatic carbocycles. The normalized spacial score (nSPS) is 18.7. The van der Waals surface area contributed by atoms with E-state index in [0.29, 0.717) is 6.54 Å². The van der Waals surface area contributed by atoms with Crippen LogP contribution in [0.1, 0.15) is 11.5 Å². The first-order valence-electron chi connectivity index (χ1n) is 6.59. The van der Waals surface area contributed by atoms with Gasteiger partial charge in [-0.1, -0.05) is 30.3 Å². The van der Waals surface area contributed by atoms with Crippen LogP contribution in [0.3, 0.4) is 0 Å². The van der Waals surface area contributed by atoms with Crippen LogP contribution in [0.2, 0.25) is 0 Å². The third-order valence-corrected chi connectivity index (χ3v) is 3.56. The Hall–Kier alpha value is -1.70. The summed E-state index contributed by atoms with van der Waals surface area (Å²) in [5, 5.41) is 9.22. The van der Waals surface area contributed by atoms with Crippen LogP contribution in [0.5, 0.6) is 0 Å². The van der Waals surface area contributed by atoms with Crippen molar-refractivity contribution >= 4 is 5.78 Å². The Balaban J connectivity index is 1.97. The number of nitriles is 1. The molecule has 1 fully saturated rings. The third-order valence-electron chi connectivity index (χ3n) is 3.56. The first-order valence-corrected chi connectivity index (χ1v) is 6.59. The fourth-order valence-electron chi connectivity index (χ4n) is 2.30. The molecule has 0 saturated carbocycles. The molecule has 0 aromatic heterocycles. The highest BCUT2D eigenvalue weighted by molar-refractivity contribution is 5.90. The summed E-state index contributed by atoms with van der Waals surface area (Å²) in [4.78, 5) is 16.6. The van der Waals surface area contributed by atoms with E-state index in [0.717, 1.165) is 31.7 Å². The highest BCUT2D eigenvalue weighted by atomic mass is 16.1. The van der Waals surface area contributed by atoms with Crippen molar-refractivity contribution in [3.63, 3.8) is 0 Å². The van der Waals surface area contributed by atoms with Gasteiger partial charge in [-0.25, -0.2) is 0 Å². The molecule has 2 rings (SSSR count). The number of carbonyl (C=O) groups is 1. The quantitative estimate of drug-likeness (QED) is 0.810. The van der Waals surface area contributed by atoms with Crippen molar-refractivity contribution in [2.75, 3.05) is 39.8 Å². The van der Waals surface area contributed by atoms with Crippen molar-refractivity contribution in [3.8, 4) is 6.07 Å². The molecule has 0 radical (unpaired) electrons. The number of piperazine rings is 1. The molecule has 0 spiro atoms. The summed E-state index contributed by atoms with van der Waals surface area (Å²) in [6.45, 7) is 4.14. The summed E-state index contributed by atoms with van der Waals surface area (Å²) >= 11 is 0. The first-order chi connectivity index (χ1) is 9.20. The lowest BCUT2D eigenvalue weighted by Gasteiger charge is -2.32. The molecule has 1 aromatic rings. The fourth-order valence-corrected chi connectivity index (χ4v) is 2.30. The van der Waals surface area contributed by atoms with Crippen molar-refractivity contribution in [1.82, 2.24) is 9.80 Å². The molecule has 0 unspecified atom stereocenters. The zero-order valence-corrected chi connectivity index (χ0v) is 11.2. The predicted molar refractivity (Wildman–Crippen MR) is 73.7 cm³/mol. The zero-order chi connectivity index (χ0) is 13.7. The number of benzene rings is 1. The summed E-state index contributed by atoms with van der Waals surface area (Å²) in [5.41, 5.74) is 0.795. The van der Waals surface area contributed by atoms with Gasteiger partial charge in [0, 0.05) is 26.2 Å². The lowest BCUT2D eigenvalue weighted by Crippen LogP contribution is -2.46. The molecule has 1 atom stereocenters. The summed E-state index contributed by atoms with van der Waals surface area (Å²) in [7, 11) is 2.08. The number of likely N-dealkylation sites (N-methyl/N-ethyl adjacent to an activating group) is 1. The van der Waals surface area contributed by atoms with Crippen LogP contribution >= 0.6 is 0 Å². The molecule has 19 heavy (non-hydrogen) atoms. The minimum atomic E-state index is -0.638. The molecule has 100 valence electrons. The number of nitrogens with zero attached hydrogens (tertiary/aromatic N) is 3. The lowest BCUT2D eigenvalue weighted by atomic mass is 9.96. The highest BCUT2D eigenvalue weighted by Gasteiger charge is 2.23. The van der Waals surface area contributed by atoms with Gasteiger partial charge in [0.1, 0.15) is 5.92 Å². The fraction of sp³-hybridized carbons (Fsp3) is 0.467. The Kier molecular flexibility index (Phi) is 4.67. The average molecular weight is 257 g/mol. The standard InChI is InChI=1S/C15H19N3O/c1-17-7-9-18(10-8-17)12-15(19)14(11-16)13-5-3-2-4-6-13/h2-6,14H,7-10,12H2,1H3/t14-/m0/s1. The van der Waals surface area contributed by atoms with Crippen LogP contribution < -0.4 is 0 Å². The maximum absolute atomic E-state index is 12.2. The molecule has 4 heteroatoms. The molecular formula is C15H19N3O. The van der Waals surface area contributed by atoms with Gasteiger partial charge in [-0.05, 0) is 12.6 Å². The van der Waals surface area contributed by atoms with Crippen LogP contribution in [0.15, 0.2) is 30.3 Å². The number of carbonyl (C=O) groups excluding carboxylic acids is 1. The smallest absolute Gasteiger partial charge is 0.168 e. The first kappa shape index (κ1) is 13.7. The van der Waals surface area contributed by atoms with Crippen molar-refractivity contribution < 1.29 is 4.79 Å². The van der Waals surface area contributed by atoms with Crippen LogP contribution in [-0.4, -0.2) is 55.4 Å². The predicted octanol–water partition coefficient (Wildman–Crippen LogP) is 1.11. The summed E-state index contributed by atoms with van der Waals surface area (Å²) in [6, 6.07) is 11.4. The minimum absolute atomic E-state index is 0.00162. The number of rotatable bonds is 4. The topological polar surface area (TPSA) is 47.3 Å². The van der Waals surface area contributed by atoms with E-state index in [-0.39, 0.29) is 5.78 Å². The Bertz CT molecular complexity index is 458. The van der Waals surface area contributed by atoms with Gasteiger partial charge in [0.05, 0.1) is 12.6 Å². The van der Waals surface area contributed by atoms with Gasteiger partial charge in [0.2, 0.25) is 0 Å². The molecule has 0 amide bonds. The van der Waals surface area contributed by atoms with Gasteiger partial charge in [-0.2, -0.15) is 5.26 Å². The molecule has 1 aromatic carbocycles. The number of ketones is 1. The molecule has 4 nitrogen and oxygen atoms in total. The summed E-state index contributed by atoms with van der Waals surface area (Å²) < 4.78 is 0. The average Bonchev–Trinajstić information content (AvgIpc) is 2.43. The number of Topliss-reactive ketones (excluding diaryl/α,β-unsaturated/α-hetero) is 1. The second kappa shape index (κ2) is 6.46. The Morgan fingerprint density at radius 2 is 1.89 bits per heavy atom. The Morgan fingerprint density at radius 1 is 1.26 bits per heavy atom. The van der Waals surface area contributed by atoms with E-state index in [9.17, 15) is 10.1 Å². The van der Waals surface area contributed by atoms with Gasteiger partial charge in [-0.3, -0.25) is 9.69 Å². The molecule has 0 N–H and O–H groups in total. The monoisotopic (exact) mass is 257 g/mol. The van der Waals surface area contributed by atoms with Gasteiger partial charge < -0.3 is 4.90 Å². The number of hydrogen-bond donors (Lipinski definition) is 0. The Labute approximate surface area is 114 Å². The lowest BCUT2D eigenvalue weighted by molar-refractivity contribution is -0.120. The van der Waals surface area contributed by atoms with Crippen molar-refractivity contribution in [2.45, 2.75) is 5.92 Å². The largest absolute Gasteiger partial charge is 0.304 e.